The zero-order valence-corrected chi connectivity index (χ0v) is 28.2. The summed E-state index contributed by atoms with van der Waals surface area (Å²) in [6.45, 7) is 4.69. The van der Waals surface area contributed by atoms with Crippen LogP contribution in [0.4, 0.5) is 17.1 Å². The Morgan fingerprint density at radius 1 is 0.340 bits per heavy atom. The molecule has 0 spiro atoms. The van der Waals surface area contributed by atoms with Gasteiger partial charge in [-0.3, -0.25) is 0 Å². The van der Waals surface area contributed by atoms with E-state index in [9.17, 15) is 0 Å². The normalized spacial score (nSPS) is 13.2. The van der Waals surface area contributed by atoms with Gasteiger partial charge in [0.2, 0.25) is 0 Å². The smallest absolute Gasteiger partial charge is 0.0468 e. The lowest BCUT2D eigenvalue weighted by molar-refractivity contribution is 0.660. The van der Waals surface area contributed by atoms with Gasteiger partial charge < -0.3 is 4.90 Å². The maximum Gasteiger partial charge on any atom is 0.0468 e. The number of anilines is 3. The summed E-state index contributed by atoms with van der Waals surface area (Å²) in [5.74, 6) is 0. The molecule has 236 valence electrons. The molecule has 9 aromatic carbocycles. The summed E-state index contributed by atoms with van der Waals surface area (Å²) in [4.78, 5) is 2.42. The predicted octanol–water partition coefficient (Wildman–Crippen LogP) is 13.7. The first kappa shape index (κ1) is 28.8. The Balaban J connectivity index is 1.15. The van der Waals surface area contributed by atoms with Gasteiger partial charge in [-0.2, -0.15) is 0 Å². The lowest BCUT2D eigenvalue weighted by atomic mass is 9.82. The van der Waals surface area contributed by atoms with Crippen LogP contribution < -0.4 is 4.90 Å². The molecule has 9 aromatic rings. The standard InChI is InChI=1S/C49H35N/c1-49(2)47-17-8-7-15-45(47)46-31-38(25-29-48(46)49)50(36-22-18-34(19-23-36)40-16-9-12-32-10-3-5-13-39(32)40)37-24-28-42-35(30-37)21-27-43-41-14-6-4-11-33(41)20-26-44(42)43/h3-31H,1-2H3. The number of fused-ring (bicyclic) bond motifs is 9. The Morgan fingerprint density at radius 3 is 1.70 bits per heavy atom. The van der Waals surface area contributed by atoms with E-state index in [4.69, 9.17) is 0 Å². The largest absolute Gasteiger partial charge is 0.310 e. The quantitative estimate of drug-likeness (QED) is 0.174. The predicted molar refractivity (Wildman–Crippen MR) is 214 cm³/mol. The lowest BCUT2D eigenvalue weighted by Gasteiger charge is -2.28. The molecule has 1 aliphatic rings. The summed E-state index contributed by atoms with van der Waals surface area (Å²) in [7, 11) is 0. The molecule has 0 aromatic heterocycles. The van der Waals surface area contributed by atoms with E-state index in [0.717, 1.165) is 17.1 Å². The van der Waals surface area contributed by atoms with E-state index < -0.39 is 0 Å². The van der Waals surface area contributed by atoms with Crippen LogP contribution in [0.5, 0.6) is 0 Å². The molecule has 0 radical (unpaired) electrons. The summed E-state index contributed by atoms with van der Waals surface area (Å²) in [6, 6.07) is 65.0. The van der Waals surface area contributed by atoms with Crippen molar-refractivity contribution in [3.63, 3.8) is 0 Å². The Morgan fingerprint density at radius 2 is 0.880 bits per heavy atom. The van der Waals surface area contributed by atoms with E-state index in [2.05, 4.69) is 195 Å². The zero-order valence-electron chi connectivity index (χ0n) is 28.2. The van der Waals surface area contributed by atoms with Crippen LogP contribution in [0.25, 0.3) is 65.3 Å². The van der Waals surface area contributed by atoms with Crippen LogP contribution in [0.15, 0.2) is 176 Å². The Labute approximate surface area is 292 Å². The molecule has 50 heavy (non-hydrogen) atoms. The highest BCUT2D eigenvalue weighted by Crippen LogP contribution is 2.51. The maximum absolute atomic E-state index is 2.42. The first-order valence-electron chi connectivity index (χ1n) is 17.5. The number of nitrogens with zero attached hydrogens (tertiary/aromatic N) is 1. The van der Waals surface area contributed by atoms with Gasteiger partial charge in [-0.15, -0.1) is 0 Å². The van der Waals surface area contributed by atoms with Gasteiger partial charge in [-0.1, -0.05) is 153 Å². The van der Waals surface area contributed by atoms with Crippen molar-refractivity contribution in [1.29, 1.82) is 0 Å². The second-order valence-corrected chi connectivity index (χ2v) is 14.2. The van der Waals surface area contributed by atoms with Gasteiger partial charge in [0.1, 0.15) is 0 Å². The molecule has 1 nitrogen and oxygen atoms in total. The van der Waals surface area contributed by atoms with Gasteiger partial charge in [0, 0.05) is 22.5 Å². The lowest BCUT2D eigenvalue weighted by Crippen LogP contribution is -2.15. The van der Waals surface area contributed by atoms with E-state index in [1.54, 1.807) is 0 Å². The minimum absolute atomic E-state index is 0.0381. The number of rotatable bonds is 4. The summed E-state index contributed by atoms with van der Waals surface area (Å²) in [6.07, 6.45) is 0. The van der Waals surface area contributed by atoms with E-state index in [1.165, 1.54) is 76.5 Å². The van der Waals surface area contributed by atoms with Crippen molar-refractivity contribution >= 4 is 60.2 Å². The minimum Gasteiger partial charge on any atom is -0.310 e. The first-order chi connectivity index (χ1) is 24.5. The van der Waals surface area contributed by atoms with Crippen LogP contribution in [-0.4, -0.2) is 0 Å². The third-order valence-corrected chi connectivity index (χ3v) is 11.0. The van der Waals surface area contributed by atoms with E-state index in [1.807, 2.05) is 0 Å². The molecule has 0 saturated heterocycles. The van der Waals surface area contributed by atoms with Gasteiger partial charge in [0.05, 0.1) is 0 Å². The molecule has 0 unspecified atom stereocenters. The fourth-order valence-corrected chi connectivity index (χ4v) is 8.52. The molecule has 0 bridgehead atoms. The topological polar surface area (TPSA) is 3.24 Å². The molecule has 0 fully saturated rings. The third-order valence-electron chi connectivity index (χ3n) is 11.0. The second-order valence-electron chi connectivity index (χ2n) is 14.2. The average molecular weight is 638 g/mol. The second kappa shape index (κ2) is 10.9. The molecule has 0 aliphatic heterocycles. The molecule has 1 heteroatoms. The number of hydrogen-bond donors (Lipinski definition) is 0. The molecule has 1 aliphatic carbocycles. The highest BCUT2D eigenvalue weighted by molar-refractivity contribution is 6.17. The molecule has 0 heterocycles. The fraction of sp³-hybridized carbons (Fsp3) is 0.0612. The van der Waals surface area contributed by atoms with Crippen molar-refractivity contribution < 1.29 is 0 Å². The Kier molecular flexibility index (Phi) is 6.29. The average Bonchev–Trinajstić information content (AvgIpc) is 3.40. The van der Waals surface area contributed by atoms with Gasteiger partial charge in [0.25, 0.3) is 0 Å². The third kappa shape index (κ3) is 4.33. The van der Waals surface area contributed by atoms with E-state index >= 15 is 0 Å². The van der Waals surface area contributed by atoms with Gasteiger partial charge in [-0.25, -0.2) is 0 Å². The van der Waals surface area contributed by atoms with Gasteiger partial charge in [-0.05, 0) is 113 Å². The molecule has 0 saturated carbocycles. The van der Waals surface area contributed by atoms with Crippen molar-refractivity contribution in [2.75, 3.05) is 4.90 Å². The van der Waals surface area contributed by atoms with Crippen LogP contribution in [0.3, 0.4) is 0 Å². The molecular formula is C49H35N. The summed E-state index contributed by atoms with van der Waals surface area (Å²) >= 11 is 0. The van der Waals surface area contributed by atoms with Gasteiger partial charge in [0.15, 0.2) is 0 Å². The Bertz CT molecular complexity index is 2780. The molecule has 0 N–H and O–H groups in total. The molecule has 0 atom stereocenters. The maximum atomic E-state index is 2.42. The number of hydrogen-bond acceptors (Lipinski definition) is 1. The summed E-state index contributed by atoms with van der Waals surface area (Å²) < 4.78 is 0. The Hall–Kier alpha value is -6.18. The van der Waals surface area contributed by atoms with E-state index in [0.29, 0.717) is 0 Å². The van der Waals surface area contributed by atoms with E-state index in [-0.39, 0.29) is 5.41 Å². The van der Waals surface area contributed by atoms with Crippen molar-refractivity contribution in [2.24, 2.45) is 0 Å². The van der Waals surface area contributed by atoms with Crippen molar-refractivity contribution in [3.05, 3.63) is 187 Å². The first-order valence-corrected chi connectivity index (χ1v) is 17.5. The monoisotopic (exact) mass is 637 g/mol. The highest BCUT2D eigenvalue weighted by atomic mass is 15.1. The van der Waals surface area contributed by atoms with Crippen molar-refractivity contribution in [2.45, 2.75) is 19.3 Å². The van der Waals surface area contributed by atoms with Crippen LogP contribution in [0.1, 0.15) is 25.0 Å². The highest BCUT2D eigenvalue weighted by Gasteiger charge is 2.35. The summed E-state index contributed by atoms with van der Waals surface area (Å²) in [5, 5.41) is 10.2. The van der Waals surface area contributed by atoms with Crippen molar-refractivity contribution in [1.82, 2.24) is 0 Å². The minimum atomic E-state index is -0.0381. The van der Waals surface area contributed by atoms with Crippen molar-refractivity contribution in [3.8, 4) is 22.3 Å². The van der Waals surface area contributed by atoms with Crippen LogP contribution in [0, 0.1) is 0 Å². The SMILES string of the molecule is CC1(C)c2ccccc2-c2cc(N(c3ccc(-c4cccc5ccccc45)cc3)c3ccc4c(ccc5c6ccccc6ccc45)c3)ccc21. The molecular weight excluding hydrogens is 603 g/mol. The van der Waals surface area contributed by atoms with Crippen LogP contribution in [-0.2, 0) is 5.41 Å². The molecule has 0 amide bonds. The number of benzene rings is 9. The summed E-state index contributed by atoms with van der Waals surface area (Å²) in [5.41, 5.74) is 11.3. The zero-order chi connectivity index (χ0) is 33.4. The van der Waals surface area contributed by atoms with Crippen LogP contribution in [0.2, 0.25) is 0 Å². The van der Waals surface area contributed by atoms with Crippen LogP contribution >= 0.6 is 0 Å². The van der Waals surface area contributed by atoms with Gasteiger partial charge >= 0.3 is 0 Å². The fourth-order valence-electron chi connectivity index (χ4n) is 8.52. The molecule has 10 rings (SSSR count).